The van der Waals surface area contributed by atoms with Crippen LogP contribution in [0.3, 0.4) is 0 Å². The van der Waals surface area contributed by atoms with Gasteiger partial charge in [0.25, 0.3) is 0 Å². The lowest BCUT2D eigenvalue weighted by Crippen LogP contribution is -2.13. The highest BCUT2D eigenvalue weighted by Gasteiger charge is 2.33. The Morgan fingerprint density at radius 2 is 1.89 bits per heavy atom. The van der Waals surface area contributed by atoms with Gasteiger partial charge in [0.05, 0.1) is 16.6 Å². The molecule has 0 fully saturated rings. The van der Waals surface area contributed by atoms with E-state index in [0.717, 1.165) is 10.9 Å². The number of benzene rings is 1. The van der Waals surface area contributed by atoms with Gasteiger partial charge in [0.1, 0.15) is 0 Å². The molecule has 0 unspecified atom stereocenters. The van der Waals surface area contributed by atoms with Crippen LogP contribution in [0.15, 0.2) is 35.7 Å². The average molecular weight is 328 g/mol. The van der Waals surface area contributed by atoms with Gasteiger partial charge in [-0.05, 0) is 29.1 Å². The molecule has 0 aliphatic carbocycles. The quantitative estimate of drug-likeness (QED) is 0.834. The van der Waals surface area contributed by atoms with Crippen molar-refractivity contribution in [3.63, 3.8) is 0 Å². The Kier molecular flexibility index (Phi) is 5.26. The maximum Gasteiger partial charge on any atom is 0.417 e. The van der Waals surface area contributed by atoms with Crippen LogP contribution >= 0.6 is 35.3 Å². The minimum absolute atomic E-state index is 0. The monoisotopic (exact) mass is 327 g/mol. The number of rotatable bonds is 2. The van der Waals surface area contributed by atoms with Crippen LogP contribution in [-0.2, 0) is 6.18 Å². The second kappa shape index (κ2) is 6.13. The molecule has 1 heterocycles. The summed E-state index contributed by atoms with van der Waals surface area (Å²) in [7, 11) is 0. The van der Waals surface area contributed by atoms with E-state index in [1.807, 2.05) is 5.38 Å². The summed E-state index contributed by atoms with van der Waals surface area (Å²) < 4.78 is 38.1. The Morgan fingerprint density at radius 3 is 2.42 bits per heavy atom. The van der Waals surface area contributed by atoms with Gasteiger partial charge in [-0.2, -0.15) is 13.2 Å². The predicted octanol–water partition coefficient (Wildman–Crippen LogP) is 4.89. The number of halogens is 5. The molecule has 1 nitrogen and oxygen atoms in total. The summed E-state index contributed by atoms with van der Waals surface area (Å²) in [6.07, 6.45) is -4.47. The largest absolute Gasteiger partial charge is 0.417 e. The molecule has 0 saturated carbocycles. The van der Waals surface area contributed by atoms with Crippen molar-refractivity contribution in [2.24, 2.45) is 5.73 Å². The molecule has 7 heteroatoms. The normalized spacial score (nSPS) is 12.9. The molecular formula is C12H10Cl2F3NS. The smallest absolute Gasteiger partial charge is 0.320 e. The fourth-order valence-corrected chi connectivity index (χ4v) is 2.56. The Hall–Kier alpha value is -0.750. The van der Waals surface area contributed by atoms with E-state index in [2.05, 4.69) is 0 Å². The Labute approximate surface area is 123 Å². The lowest BCUT2D eigenvalue weighted by atomic mass is 10.0. The Bertz CT molecular complexity index is 540. The maximum absolute atomic E-state index is 12.7. The van der Waals surface area contributed by atoms with Crippen molar-refractivity contribution in [3.8, 4) is 0 Å². The van der Waals surface area contributed by atoms with Crippen molar-refractivity contribution in [1.82, 2.24) is 0 Å². The van der Waals surface area contributed by atoms with E-state index in [4.69, 9.17) is 17.3 Å². The van der Waals surface area contributed by atoms with Gasteiger partial charge in [0.15, 0.2) is 0 Å². The van der Waals surface area contributed by atoms with Crippen LogP contribution in [0.2, 0.25) is 5.02 Å². The summed E-state index contributed by atoms with van der Waals surface area (Å²) in [6.45, 7) is 0. The fraction of sp³-hybridized carbons (Fsp3) is 0.167. The minimum Gasteiger partial charge on any atom is -0.320 e. The summed E-state index contributed by atoms with van der Waals surface area (Å²) in [5, 5.41) is 1.51. The first-order valence-corrected chi connectivity index (χ1v) is 6.31. The van der Waals surface area contributed by atoms with E-state index in [1.54, 1.807) is 12.1 Å². The molecule has 2 rings (SSSR count). The third-order valence-electron chi connectivity index (χ3n) is 2.50. The highest BCUT2D eigenvalue weighted by atomic mass is 35.5. The van der Waals surface area contributed by atoms with Gasteiger partial charge in [-0.1, -0.05) is 23.7 Å². The molecule has 1 atom stereocenters. The summed E-state index contributed by atoms with van der Waals surface area (Å²) in [4.78, 5) is 0.811. The first kappa shape index (κ1) is 16.3. The van der Waals surface area contributed by atoms with Gasteiger partial charge in [-0.25, -0.2) is 0 Å². The van der Waals surface area contributed by atoms with Gasteiger partial charge in [0.2, 0.25) is 0 Å². The van der Waals surface area contributed by atoms with E-state index in [-0.39, 0.29) is 17.4 Å². The number of alkyl halides is 3. The number of thiophene rings is 1. The highest BCUT2D eigenvalue weighted by molar-refractivity contribution is 7.10. The molecule has 0 aliphatic heterocycles. The van der Waals surface area contributed by atoms with Gasteiger partial charge < -0.3 is 5.73 Å². The lowest BCUT2D eigenvalue weighted by Gasteiger charge is -2.14. The van der Waals surface area contributed by atoms with Gasteiger partial charge in [-0.3, -0.25) is 0 Å². The Morgan fingerprint density at radius 1 is 1.21 bits per heavy atom. The van der Waals surface area contributed by atoms with Crippen molar-refractivity contribution in [3.05, 3.63) is 56.7 Å². The van der Waals surface area contributed by atoms with Crippen LogP contribution in [0, 0.1) is 0 Å². The summed E-state index contributed by atoms with van der Waals surface area (Å²) in [6, 6.07) is 6.78. The Balaban J connectivity index is 0.00000180. The summed E-state index contributed by atoms with van der Waals surface area (Å²) >= 11 is 6.96. The van der Waals surface area contributed by atoms with Gasteiger partial charge in [0, 0.05) is 4.88 Å². The molecule has 0 bridgehead atoms. The minimum atomic E-state index is -4.47. The molecule has 19 heavy (non-hydrogen) atoms. The van der Waals surface area contributed by atoms with Crippen molar-refractivity contribution in [2.45, 2.75) is 12.2 Å². The maximum atomic E-state index is 12.7. The molecular weight excluding hydrogens is 318 g/mol. The topological polar surface area (TPSA) is 26.0 Å². The second-order valence-electron chi connectivity index (χ2n) is 3.73. The SMILES string of the molecule is Cl.N[C@H](c1ccc(Cl)c(C(F)(F)F)c1)c1cccs1. The zero-order valence-corrected chi connectivity index (χ0v) is 11.8. The van der Waals surface area contributed by atoms with Crippen LogP contribution in [-0.4, -0.2) is 0 Å². The third kappa shape index (κ3) is 3.63. The molecule has 2 N–H and O–H groups in total. The molecule has 0 radical (unpaired) electrons. The molecule has 2 aromatic rings. The number of nitrogens with two attached hydrogens (primary N) is 1. The number of hydrogen-bond acceptors (Lipinski definition) is 2. The summed E-state index contributed by atoms with van der Waals surface area (Å²) in [5.74, 6) is 0. The molecule has 0 spiro atoms. The highest BCUT2D eigenvalue weighted by Crippen LogP contribution is 2.36. The lowest BCUT2D eigenvalue weighted by molar-refractivity contribution is -0.137. The van der Waals surface area contributed by atoms with Crippen LogP contribution in [0.5, 0.6) is 0 Å². The van der Waals surface area contributed by atoms with E-state index in [1.165, 1.54) is 23.5 Å². The summed E-state index contributed by atoms with van der Waals surface area (Å²) in [5.41, 5.74) is 5.47. The van der Waals surface area contributed by atoms with Crippen LogP contribution < -0.4 is 5.73 Å². The van der Waals surface area contributed by atoms with E-state index in [9.17, 15) is 13.2 Å². The molecule has 1 aromatic carbocycles. The zero-order chi connectivity index (χ0) is 13.3. The third-order valence-corrected chi connectivity index (χ3v) is 3.79. The van der Waals surface area contributed by atoms with Crippen LogP contribution in [0.1, 0.15) is 22.0 Å². The van der Waals surface area contributed by atoms with Gasteiger partial charge in [-0.15, -0.1) is 23.7 Å². The standard InChI is InChI=1S/C12H9ClF3NS.ClH/c13-9-4-3-7(6-8(9)12(14,15)16)11(17)10-2-1-5-18-10;/h1-6,11H,17H2;1H/t11-;/m1./s1. The van der Waals surface area contributed by atoms with Crippen LogP contribution in [0.4, 0.5) is 13.2 Å². The molecule has 104 valence electrons. The first-order valence-electron chi connectivity index (χ1n) is 5.05. The van der Waals surface area contributed by atoms with E-state index < -0.39 is 17.8 Å². The average Bonchev–Trinajstić information content (AvgIpc) is 2.80. The van der Waals surface area contributed by atoms with Crippen molar-refractivity contribution >= 4 is 35.3 Å². The second-order valence-corrected chi connectivity index (χ2v) is 5.12. The fourth-order valence-electron chi connectivity index (χ4n) is 1.59. The van der Waals surface area contributed by atoms with Crippen molar-refractivity contribution in [1.29, 1.82) is 0 Å². The molecule has 0 aliphatic rings. The molecule has 0 amide bonds. The first-order chi connectivity index (χ1) is 8.39. The zero-order valence-electron chi connectivity index (χ0n) is 9.45. The molecule has 0 saturated heterocycles. The van der Waals surface area contributed by atoms with E-state index in [0.29, 0.717) is 5.56 Å². The predicted molar refractivity (Wildman–Crippen MR) is 74.1 cm³/mol. The van der Waals surface area contributed by atoms with Crippen molar-refractivity contribution < 1.29 is 13.2 Å². The van der Waals surface area contributed by atoms with Crippen molar-refractivity contribution in [2.75, 3.05) is 0 Å². The van der Waals surface area contributed by atoms with Crippen LogP contribution in [0.25, 0.3) is 0 Å². The van der Waals surface area contributed by atoms with Gasteiger partial charge >= 0.3 is 6.18 Å². The van der Waals surface area contributed by atoms with E-state index >= 15 is 0 Å². The molecule has 1 aromatic heterocycles. The number of hydrogen-bond donors (Lipinski definition) is 1.